The Balaban J connectivity index is 2.18. The van der Waals surface area contributed by atoms with Crippen LogP contribution in [0.3, 0.4) is 0 Å². The van der Waals surface area contributed by atoms with Crippen molar-refractivity contribution in [3.05, 3.63) is 0 Å². The highest BCUT2D eigenvalue weighted by Crippen LogP contribution is 1.96. The lowest BCUT2D eigenvalue weighted by atomic mass is 9.71. The number of ether oxygens (including phenoxy) is 1. The number of morpholine rings is 1. The van der Waals surface area contributed by atoms with E-state index in [2.05, 4.69) is 5.32 Å². The average Bonchev–Trinajstić information content (AvgIpc) is 2.44. The van der Waals surface area contributed by atoms with Crippen LogP contribution < -0.4 is 11.1 Å². The first-order chi connectivity index (χ1) is 9.99. The SMILES string of the molecule is CN(CC[B]CC(N)=O)C(=O)NC(=O)CN1CCOCC1. The average molecular weight is 297 g/mol. The van der Waals surface area contributed by atoms with Crippen molar-refractivity contribution >= 4 is 25.1 Å². The van der Waals surface area contributed by atoms with Crippen molar-refractivity contribution in [1.82, 2.24) is 15.1 Å². The monoisotopic (exact) mass is 297 g/mol. The Morgan fingerprint density at radius 1 is 1.33 bits per heavy atom. The van der Waals surface area contributed by atoms with Gasteiger partial charge in [-0.2, -0.15) is 0 Å². The number of urea groups is 1. The van der Waals surface area contributed by atoms with Crippen molar-refractivity contribution in [1.29, 1.82) is 0 Å². The number of carbonyl (C=O) groups is 3. The van der Waals surface area contributed by atoms with Gasteiger partial charge in [0.05, 0.1) is 19.8 Å². The van der Waals surface area contributed by atoms with Crippen molar-refractivity contribution in [2.24, 2.45) is 5.73 Å². The minimum Gasteiger partial charge on any atom is -0.379 e. The Hall–Kier alpha value is -1.61. The number of imide groups is 1. The molecule has 21 heavy (non-hydrogen) atoms. The molecule has 4 amide bonds. The van der Waals surface area contributed by atoms with E-state index < -0.39 is 11.9 Å². The van der Waals surface area contributed by atoms with E-state index in [4.69, 9.17) is 10.5 Å². The largest absolute Gasteiger partial charge is 0.379 e. The first-order valence-corrected chi connectivity index (χ1v) is 6.94. The predicted molar refractivity (Wildman–Crippen MR) is 78.0 cm³/mol. The van der Waals surface area contributed by atoms with Crippen molar-refractivity contribution in [3.8, 4) is 0 Å². The summed E-state index contributed by atoms with van der Waals surface area (Å²) in [6, 6.07) is -0.444. The van der Waals surface area contributed by atoms with E-state index in [1.807, 2.05) is 4.90 Å². The van der Waals surface area contributed by atoms with Gasteiger partial charge in [-0.1, -0.05) is 6.32 Å². The van der Waals surface area contributed by atoms with Crippen molar-refractivity contribution in [3.63, 3.8) is 0 Å². The number of primary amides is 1. The molecule has 0 saturated carbocycles. The van der Waals surface area contributed by atoms with Gasteiger partial charge in [0.15, 0.2) is 0 Å². The Labute approximate surface area is 125 Å². The number of nitrogens with one attached hydrogen (secondary N) is 1. The maximum Gasteiger partial charge on any atom is 0.323 e. The standard InChI is InChI=1S/C12H22BN4O4/c1-16(3-2-13-8-10(14)18)12(20)15-11(19)9-17-4-6-21-7-5-17/h2-9H2,1H3,(H2,14,18)(H,15,19,20). The van der Waals surface area contributed by atoms with E-state index in [1.54, 1.807) is 14.3 Å². The molecule has 1 fully saturated rings. The van der Waals surface area contributed by atoms with Crippen LogP contribution in [0.5, 0.6) is 0 Å². The summed E-state index contributed by atoms with van der Waals surface area (Å²) in [7, 11) is 3.30. The Morgan fingerprint density at radius 3 is 2.62 bits per heavy atom. The second-order valence-electron chi connectivity index (χ2n) is 4.91. The minimum atomic E-state index is -0.444. The van der Waals surface area contributed by atoms with Crippen LogP contribution in [0.4, 0.5) is 4.79 Å². The topological polar surface area (TPSA) is 105 Å². The first-order valence-electron chi connectivity index (χ1n) is 6.94. The summed E-state index contributed by atoms with van der Waals surface area (Å²) >= 11 is 0. The summed E-state index contributed by atoms with van der Waals surface area (Å²) in [6.07, 6.45) is 0.732. The molecule has 0 aromatic carbocycles. The van der Waals surface area contributed by atoms with Crippen LogP contribution in [0.1, 0.15) is 0 Å². The maximum absolute atomic E-state index is 11.8. The Kier molecular flexibility index (Phi) is 7.77. The minimum absolute atomic E-state index is 0.186. The molecule has 3 N–H and O–H groups in total. The highest BCUT2D eigenvalue weighted by molar-refractivity contribution is 6.41. The molecule has 1 saturated heterocycles. The van der Waals surface area contributed by atoms with Crippen LogP contribution in [0.2, 0.25) is 12.6 Å². The number of hydrogen-bond donors (Lipinski definition) is 2. The number of nitrogens with zero attached hydrogens (tertiary/aromatic N) is 2. The zero-order chi connectivity index (χ0) is 15.7. The second kappa shape index (κ2) is 9.35. The lowest BCUT2D eigenvalue weighted by Gasteiger charge is -2.26. The lowest BCUT2D eigenvalue weighted by Crippen LogP contribution is -2.47. The zero-order valence-corrected chi connectivity index (χ0v) is 12.3. The van der Waals surface area contributed by atoms with Gasteiger partial charge in [0.1, 0.15) is 7.28 Å². The van der Waals surface area contributed by atoms with Crippen LogP contribution in [0, 0.1) is 0 Å². The van der Waals surface area contributed by atoms with Gasteiger partial charge in [0.2, 0.25) is 11.8 Å². The van der Waals surface area contributed by atoms with Crippen LogP contribution in [0.25, 0.3) is 0 Å². The fourth-order valence-electron chi connectivity index (χ4n) is 1.85. The first kappa shape index (κ1) is 17.4. The summed E-state index contributed by atoms with van der Waals surface area (Å²) < 4.78 is 5.19. The number of carbonyl (C=O) groups excluding carboxylic acids is 3. The van der Waals surface area contributed by atoms with Crippen LogP contribution in [-0.4, -0.2) is 81.4 Å². The number of amides is 4. The van der Waals surface area contributed by atoms with Gasteiger partial charge in [-0.15, -0.1) is 0 Å². The van der Waals surface area contributed by atoms with E-state index in [0.717, 1.165) is 0 Å². The summed E-state index contributed by atoms with van der Waals surface area (Å²) in [4.78, 5) is 37.4. The molecule has 9 heteroatoms. The summed E-state index contributed by atoms with van der Waals surface area (Å²) in [5.41, 5.74) is 5.00. The van der Waals surface area contributed by atoms with Crippen molar-refractivity contribution in [2.45, 2.75) is 12.6 Å². The van der Waals surface area contributed by atoms with Gasteiger partial charge in [0.25, 0.3) is 0 Å². The molecule has 1 heterocycles. The highest BCUT2D eigenvalue weighted by atomic mass is 16.5. The van der Waals surface area contributed by atoms with Gasteiger partial charge in [-0.3, -0.25) is 19.8 Å². The van der Waals surface area contributed by atoms with E-state index in [9.17, 15) is 14.4 Å². The maximum atomic E-state index is 11.8. The van der Waals surface area contributed by atoms with E-state index in [0.29, 0.717) is 39.2 Å². The van der Waals surface area contributed by atoms with Crippen molar-refractivity contribution in [2.75, 3.05) is 46.4 Å². The van der Waals surface area contributed by atoms with E-state index >= 15 is 0 Å². The van der Waals surface area contributed by atoms with E-state index in [-0.39, 0.29) is 18.8 Å². The molecule has 0 aromatic heterocycles. The summed E-state index contributed by atoms with van der Waals surface area (Å²) in [5, 5.41) is 2.34. The van der Waals surface area contributed by atoms with Gasteiger partial charge in [-0.05, 0) is 6.32 Å². The third kappa shape index (κ3) is 7.67. The molecule has 1 radical (unpaired) electrons. The molecule has 0 aromatic rings. The smallest absolute Gasteiger partial charge is 0.323 e. The second-order valence-corrected chi connectivity index (χ2v) is 4.91. The Morgan fingerprint density at radius 2 is 2.00 bits per heavy atom. The molecule has 0 spiro atoms. The fourth-order valence-corrected chi connectivity index (χ4v) is 1.85. The van der Waals surface area contributed by atoms with Gasteiger partial charge < -0.3 is 15.4 Å². The molecule has 1 aliphatic heterocycles. The molecule has 0 atom stereocenters. The van der Waals surface area contributed by atoms with Gasteiger partial charge in [0, 0.05) is 26.7 Å². The summed E-state index contributed by atoms with van der Waals surface area (Å²) in [6.45, 7) is 3.22. The molecular weight excluding hydrogens is 275 g/mol. The highest BCUT2D eigenvalue weighted by Gasteiger charge is 2.17. The van der Waals surface area contributed by atoms with E-state index in [1.165, 1.54) is 4.90 Å². The van der Waals surface area contributed by atoms with Crippen molar-refractivity contribution < 1.29 is 19.1 Å². The molecule has 1 rings (SSSR count). The lowest BCUT2D eigenvalue weighted by molar-refractivity contribution is -0.122. The molecule has 8 nitrogen and oxygen atoms in total. The number of hydrogen-bond acceptors (Lipinski definition) is 5. The molecular formula is C12H22BN4O4. The normalized spacial score (nSPS) is 15.3. The fraction of sp³-hybridized carbons (Fsp3) is 0.750. The van der Waals surface area contributed by atoms with Gasteiger partial charge in [-0.25, -0.2) is 4.79 Å². The third-order valence-electron chi connectivity index (χ3n) is 3.08. The molecule has 0 unspecified atom stereocenters. The molecule has 1 aliphatic rings. The quantitative estimate of drug-likeness (QED) is 0.440. The number of rotatable bonds is 7. The van der Waals surface area contributed by atoms with Crippen LogP contribution in [-0.2, 0) is 14.3 Å². The molecule has 117 valence electrons. The zero-order valence-electron chi connectivity index (χ0n) is 12.3. The molecule has 0 aliphatic carbocycles. The number of nitrogens with two attached hydrogens (primary N) is 1. The van der Waals surface area contributed by atoms with Crippen LogP contribution in [0.15, 0.2) is 0 Å². The predicted octanol–water partition coefficient (Wildman–Crippen LogP) is -1.49. The molecule has 0 bridgehead atoms. The summed E-state index contributed by atoms with van der Waals surface area (Å²) in [5.74, 6) is -0.724. The third-order valence-corrected chi connectivity index (χ3v) is 3.08. The van der Waals surface area contributed by atoms with Crippen LogP contribution >= 0.6 is 0 Å². The van der Waals surface area contributed by atoms with Gasteiger partial charge >= 0.3 is 6.03 Å². The Bertz CT molecular complexity index is 374.